The monoisotopic (exact) mass is 318 g/mol. The number of oxazole rings is 1. The van der Waals surface area contributed by atoms with Gasteiger partial charge in [0.15, 0.2) is 23.4 Å². The van der Waals surface area contributed by atoms with Crippen molar-refractivity contribution in [1.82, 2.24) is 4.98 Å². The van der Waals surface area contributed by atoms with Crippen LogP contribution < -0.4 is 5.73 Å². The van der Waals surface area contributed by atoms with Gasteiger partial charge in [-0.2, -0.15) is 0 Å². The molecule has 0 fully saturated rings. The van der Waals surface area contributed by atoms with Crippen molar-refractivity contribution in [3.05, 3.63) is 53.2 Å². The molecular weight excluding hydrogens is 300 g/mol. The Bertz CT molecular complexity index is 681. The minimum Gasteiger partial charge on any atom is -0.461 e. The van der Waals surface area contributed by atoms with E-state index >= 15 is 0 Å². The maximum atomic E-state index is 12.1. The van der Waals surface area contributed by atoms with Crippen molar-refractivity contribution in [3.63, 3.8) is 0 Å². The number of nitrogens with zero attached hydrogens (tertiary/aromatic N) is 1. The second-order valence-corrected chi connectivity index (χ2v) is 4.74. The number of rotatable bonds is 6. The molecule has 0 saturated heterocycles. The number of aromatic nitrogens is 1. The third kappa shape index (κ3) is 4.17. The van der Waals surface area contributed by atoms with Gasteiger partial charge in [-0.25, -0.2) is 14.6 Å². The predicted octanol–water partition coefficient (Wildman–Crippen LogP) is 1.90. The van der Waals surface area contributed by atoms with E-state index in [1.165, 1.54) is 0 Å². The average molecular weight is 318 g/mol. The van der Waals surface area contributed by atoms with Crippen molar-refractivity contribution in [2.24, 2.45) is 5.73 Å². The van der Waals surface area contributed by atoms with Crippen LogP contribution in [0.1, 0.15) is 40.7 Å². The number of hydrogen-bond donors (Lipinski definition) is 1. The lowest BCUT2D eigenvalue weighted by Gasteiger charge is -2.10. The minimum absolute atomic E-state index is 0.0565. The van der Waals surface area contributed by atoms with Gasteiger partial charge in [-0.05, 0) is 12.5 Å². The summed E-state index contributed by atoms with van der Waals surface area (Å²) in [6.07, 6.45) is 0. The summed E-state index contributed by atoms with van der Waals surface area (Å²) >= 11 is 0. The van der Waals surface area contributed by atoms with E-state index in [-0.39, 0.29) is 30.6 Å². The van der Waals surface area contributed by atoms with E-state index in [0.717, 1.165) is 5.56 Å². The molecule has 122 valence electrons. The van der Waals surface area contributed by atoms with Gasteiger partial charge < -0.3 is 19.6 Å². The molecule has 0 spiro atoms. The van der Waals surface area contributed by atoms with Crippen LogP contribution in [0.25, 0.3) is 0 Å². The first-order valence-electron chi connectivity index (χ1n) is 7.13. The topological polar surface area (TPSA) is 105 Å². The third-order valence-electron chi connectivity index (χ3n) is 2.99. The Morgan fingerprint density at radius 2 is 1.96 bits per heavy atom. The highest BCUT2D eigenvalue weighted by atomic mass is 16.5. The normalized spacial score (nSPS) is 11.8. The largest absolute Gasteiger partial charge is 0.461 e. The lowest BCUT2D eigenvalue weighted by Crippen LogP contribution is -2.25. The Morgan fingerprint density at radius 1 is 1.26 bits per heavy atom. The maximum absolute atomic E-state index is 12.1. The van der Waals surface area contributed by atoms with Gasteiger partial charge in [-0.15, -0.1) is 0 Å². The van der Waals surface area contributed by atoms with Crippen molar-refractivity contribution >= 4 is 11.9 Å². The molecule has 1 unspecified atom stereocenters. The van der Waals surface area contributed by atoms with Crippen molar-refractivity contribution in [3.8, 4) is 0 Å². The zero-order valence-corrected chi connectivity index (χ0v) is 12.9. The smallest absolute Gasteiger partial charge is 0.360 e. The molecule has 23 heavy (non-hydrogen) atoms. The Morgan fingerprint density at radius 3 is 2.61 bits per heavy atom. The molecule has 0 aliphatic heterocycles. The molecule has 0 aliphatic carbocycles. The predicted molar refractivity (Wildman–Crippen MR) is 80.4 cm³/mol. The third-order valence-corrected chi connectivity index (χ3v) is 2.99. The second-order valence-electron chi connectivity index (χ2n) is 4.74. The fourth-order valence-electron chi connectivity index (χ4n) is 1.92. The van der Waals surface area contributed by atoms with Gasteiger partial charge in [0.2, 0.25) is 0 Å². The molecule has 1 aromatic carbocycles. The minimum atomic E-state index is -1.25. The first-order valence-corrected chi connectivity index (χ1v) is 7.13. The summed E-state index contributed by atoms with van der Waals surface area (Å²) in [7, 11) is 0. The molecule has 1 atom stereocenters. The standard InChI is InChI=1S/C16H18N2O5/c1-3-21-16(20)13-14(23-10(2)18-13)12(17)15(19)22-9-11-7-5-4-6-8-11/h4-8,12H,3,9,17H2,1-2H3. The number of ether oxygens (including phenoxy) is 2. The van der Waals surface area contributed by atoms with Crippen molar-refractivity contribution < 1.29 is 23.5 Å². The maximum Gasteiger partial charge on any atom is 0.360 e. The lowest BCUT2D eigenvalue weighted by atomic mass is 10.2. The van der Waals surface area contributed by atoms with E-state index in [0.29, 0.717) is 0 Å². The van der Waals surface area contributed by atoms with Gasteiger partial charge >= 0.3 is 11.9 Å². The summed E-state index contributed by atoms with van der Waals surface area (Å²) in [6, 6.07) is 7.92. The zero-order valence-electron chi connectivity index (χ0n) is 12.9. The highest BCUT2D eigenvalue weighted by Gasteiger charge is 2.30. The first-order chi connectivity index (χ1) is 11.0. The number of aryl methyl sites for hydroxylation is 1. The SMILES string of the molecule is CCOC(=O)c1nc(C)oc1C(N)C(=O)OCc1ccccc1. The summed E-state index contributed by atoms with van der Waals surface area (Å²) < 4.78 is 15.3. The van der Waals surface area contributed by atoms with Gasteiger partial charge in [-0.3, -0.25) is 0 Å². The Labute approximate surface area is 133 Å². The van der Waals surface area contributed by atoms with E-state index in [9.17, 15) is 9.59 Å². The number of benzene rings is 1. The molecule has 2 aromatic rings. The molecule has 1 heterocycles. The highest BCUT2D eigenvalue weighted by molar-refractivity contribution is 5.90. The van der Waals surface area contributed by atoms with Gasteiger partial charge in [0, 0.05) is 6.92 Å². The van der Waals surface area contributed by atoms with Crippen LogP contribution in [-0.2, 0) is 20.9 Å². The first kappa shape index (κ1) is 16.7. The van der Waals surface area contributed by atoms with E-state index in [1.54, 1.807) is 13.8 Å². The summed E-state index contributed by atoms with van der Waals surface area (Å²) in [5.74, 6) is -1.24. The fraction of sp³-hybridized carbons (Fsp3) is 0.312. The molecule has 0 bridgehead atoms. The Hall–Kier alpha value is -2.67. The number of carbonyl (C=O) groups excluding carboxylic acids is 2. The Balaban J connectivity index is 2.08. The summed E-state index contributed by atoms with van der Waals surface area (Å²) in [6.45, 7) is 3.47. The molecule has 1 aromatic heterocycles. The molecule has 0 saturated carbocycles. The van der Waals surface area contributed by atoms with Crippen LogP contribution in [0.5, 0.6) is 0 Å². The number of hydrogen-bond acceptors (Lipinski definition) is 7. The zero-order chi connectivity index (χ0) is 16.8. The number of esters is 2. The molecule has 7 nitrogen and oxygen atoms in total. The van der Waals surface area contributed by atoms with Crippen LogP contribution in [0.4, 0.5) is 0 Å². The second kappa shape index (κ2) is 7.55. The number of nitrogens with two attached hydrogens (primary N) is 1. The summed E-state index contributed by atoms with van der Waals surface area (Å²) in [4.78, 5) is 27.8. The van der Waals surface area contributed by atoms with Crippen molar-refractivity contribution in [2.75, 3.05) is 6.61 Å². The molecular formula is C16H18N2O5. The van der Waals surface area contributed by atoms with Crippen LogP contribution in [0.15, 0.2) is 34.7 Å². The quantitative estimate of drug-likeness (QED) is 0.811. The van der Waals surface area contributed by atoms with Crippen LogP contribution in [0, 0.1) is 6.92 Å². The van der Waals surface area contributed by atoms with Gasteiger partial charge in [0.1, 0.15) is 6.61 Å². The Kier molecular flexibility index (Phi) is 5.48. The summed E-state index contributed by atoms with van der Waals surface area (Å²) in [5, 5.41) is 0. The van der Waals surface area contributed by atoms with E-state index in [1.807, 2.05) is 30.3 Å². The number of carbonyl (C=O) groups is 2. The van der Waals surface area contributed by atoms with Crippen molar-refractivity contribution in [2.45, 2.75) is 26.5 Å². The van der Waals surface area contributed by atoms with E-state index in [4.69, 9.17) is 19.6 Å². The average Bonchev–Trinajstić information content (AvgIpc) is 2.95. The van der Waals surface area contributed by atoms with Crippen LogP contribution in [0.3, 0.4) is 0 Å². The van der Waals surface area contributed by atoms with Crippen LogP contribution in [-0.4, -0.2) is 23.5 Å². The molecule has 0 amide bonds. The van der Waals surface area contributed by atoms with Crippen LogP contribution in [0.2, 0.25) is 0 Å². The molecule has 0 aliphatic rings. The van der Waals surface area contributed by atoms with E-state index < -0.39 is 18.0 Å². The molecule has 2 rings (SSSR count). The molecule has 2 N–H and O–H groups in total. The van der Waals surface area contributed by atoms with Crippen LogP contribution >= 0.6 is 0 Å². The molecule has 7 heteroatoms. The van der Waals surface area contributed by atoms with Gasteiger partial charge in [0.05, 0.1) is 6.61 Å². The van der Waals surface area contributed by atoms with Gasteiger partial charge in [-0.1, -0.05) is 30.3 Å². The summed E-state index contributed by atoms with van der Waals surface area (Å²) in [5.41, 5.74) is 6.56. The fourth-order valence-corrected chi connectivity index (χ4v) is 1.92. The highest BCUT2D eigenvalue weighted by Crippen LogP contribution is 2.20. The molecule has 0 radical (unpaired) electrons. The van der Waals surface area contributed by atoms with E-state index in [2.05, 4.69) is 4.98 Å². The lowest BCUT2D eigenvalue weighted by molar-refractivity contribution is -0.147. The van der Waals surface area contributed by atoms with Gasteiger partial charge in [0.25, 0.3) is 0 Å². The van der Waals surface area contributed by atoms with Crippen molar-refractivity contribution in [1.29, 1.82) is 0 Å².